The van der Waals surface area contributed by atoms with E-state index in [1.807, 2.05) is 0 Å². The molecule has 0 aromatic heterocycles. The topological polar surface area (TPSA) is 32.3 Å². The lowest BCUT2D eigenvalue weighted by Gasteiger charge is -2.41. The van der Waals surface area contributed by atoms with Gasteiger partial charge in [0.05, 0.1) is 0 Å². The summed E-state index contributed by atoms with van der Waals surface area (Å²) in [5.74, 6) is -12.4. The molecule has 0 aliphatic carbocycles. The van der Waals surface area contributed by atoms with Crippen LogP contribution in [-0.2, 0) is 4.79 Å². The Morgan fingerprint density at radius 3 is 2.33 bits per heavy atom. The third-order valence-corrected chi connectivity index (χ3v) is 3.10. The van der Waals surface area contributed by atoms with Crippen LogP contribution in [0.4, 0.5) is 26.3 Å². The van der Waals surface area contributed by atoms with Gasteiger partial charge in [-0.25, -0.2) is 0 Å². The molecule has 1 unspecified atom stereocenters. The lowest BCUT2D eigenvalue weighted by molar-refractivity contribution is -0.269. The Morgan fingerprint density at radius 2 is 1.76 bits per heavy atom. The molecule has 1 N–H and O–H groups in total. The summed E-state index contributed by atoms with van der Waals surface area (Å²) in [6, 6.07) is 0. The van der Waals surface area contributed by atoms with E-state index in [0.717, 1.165) is 6.20 Å². The Hall–Kier alpha value is -1.64. The number of nitrogens with one attached hydrogen (secondary N) is 1. The summed E-state index contributed by atoms with van der Waals surface area (Å²) in [5, 5.41) is -3.31. The first-order valence-corrected chi connectivity index (χ1v) is 5.84. The second-order valence-electron chi connectivity index (χ2n) is 4.26. The van der Waals surface area contributed by atoms with Gasteiger partial charge in [-0.3, -0.25) is 4.79 Å². The summed E-state index contributed by atoms with van der Waals surface area (Å²) in [6.07, 6.45) is 3.72. The second-order valence-corrected chi connectivity index (χ2v) is 4.74. The average molecular weight is 333 g/mol. The fourth-order valence-electron chi connectivity index (χ4n) is 1.82. The van der Waals surface area contributed by atoms with Crippen LogP contribution in [0.1, 0.15) is 0 Å². The van der Waals surface area contributed by atoms with Gasteiger partial charge in [-0.15, -0.1) is 0 Å². The van der Waals surface area contributed by atoms with E-state index in [1.54, 1.807) is 0 Å². The predicted octanol–water partition coefficient (Wildman–Crippen LogP) is 2.81. The summed E-state index contributed by atoms with van der Waals surface area (Å²) in [7, 11) is 0. The maximum atomic E-state index is 13.9. The fraction of sp³-hybridized carbons (Fsp3) is 0.364. The minimum absolute atomic E-state index is 0.135. The Labute approximate surface area is 119 Å². The molecule has 0 spiro atoms. The van der Waals surface area contributed by atoms with E-state index in [1.165, 1.54) is 18.2 Å². The van der Waals surface area contributed by atoms with E-state index in [-0.39, 0.29) is 6.08 Å². The van der Waals surface area contributed by atoms with Crippen molar-refractivity contribution in [2.24, 2.45) is 0 Å². The zero-order valence-corrected chi connectivity index (χ0v) is 10.7. The van der Waals surface area contributed by atoms with Gasteiger partial charge in [0.1, 0.15) is 11.9 Å². The van der Waals surface area contributed by atoms with Crippen molar-refractivity contribution in [2.45, 2.75) is 23.4 Å². The molecule has 2 rings (SSSR count). The molecule has 2 aliphatic heterocycles. The van der Waals surface area contributed by atoms with Gasteiger partial charge in [-0.1, -0.05) is 6.08 Å². The van der Waals surface area contributed by atoms with Crippen molar-refractivity contribution in [2.75, 3.05) is 0 Å². The van der Waals surface area contributed by atoms with Crippen LogP contribution in [0, 0.1) is 0 Å². The molecule has 116 valence electrons. The molecule has 3 nitrogen and oxygen atoms in total. The molecular weight excluding hydrogens is 326 g/mol. The van der Waals surface area contributed by atoms with Gasteiger partial charge in [0, 0.05) is 12.3 Å². The van der Waals surface area contributed by atoms with Crippen LogP contribution < -0.4 is 5.32 Å². The number of alkyl halides is 7. The molecule has 0 radical (unpaired) electrons. The quantitative estimate of drug-likeness (QED) is 0.637. The van der Waals surface area contributed by atoms with Crippen LogP contribution in [0.5, 0.6) is 0 Å². The number of hydrogen-bond acceptors (Lipinski definition) is 2. The highest BCUT2D eigenvalue weighted by atomic mass is 35.5. The molecule has 0 aromatic rings. The predicted molar refractivity (Wildman–Crippen MR) is 60.8 cm³/mol. The van der Waals surface area contributed by atoms with Gasteiger partial charge in [-0.05, 0) is 23.8 Å². The zero-order chi connectivity index (χ0) is 16.1. The summed E-state index contributed by atoms with van der Waals surface area (Å²) >= 11 is 4.10. The molecule has 0 bridgehead atoms. The monoisotopic (exact) mass is 332 g/mol. The minimum atomic E-state index is -5.88. The number of rotatable bonds is 3. The second kappa shape index (κ2) is 4.69. The van der Waals surface area contributed by atoms with Gasteiger partial charge in [0.2, 0.25) is 5.91 Å². The molecule has 0 fully saturated rings. The van der Waals surface area contributed by atoms with Gasteiger partial charge < -0.3 is 10.2 Å². The summed E-state index contributed by atoms with van der Waals surface area (Å²) in [4.78, 5) is 11.8. The van der Waals surface area contributed by atoms with Gasteiger partial charge in [0.25, 0.3) is 0 Å². The highest BCUT2D eigenvalue weighted by Crippen LogP contribution is 2.52. The lowest BCUT2D eigenvalue weighted by atomic mass is 10.0. The normalized spacial score (nSPS) is 22.8. The van der Waals surface area contributed by atoms with Gasteiger partial charge >= 0.3 is 17.2 Å². The Morgan fingerprint density at radius 1 is 1.14 bits per heavy atom. The maximum Gasteiger partial charge on any atom is 0.392 e. The molecule has 21 heavy (non-hydrogen) atoms. The summed E-state index contributed by atoms with van der Waals surface area (Å²) < 4.78 is 79.6. The van der Waals surface area contributed by atoms with E-state index in [9.17, 15) is 31.1 Å². The van der Waals surface area contributed by atoms with Crippen molar-refractivity contribution in [3.8, 4) is 0 Å². The Kier molecular flexibility index (Phi) is 3.51. The molecule has 2 heterocycles. The van der Waals surface area contributed by atoms with Crippen LogP contribution in [0.3, 0.4) is 0 Å². The van der Waals surface area contributed by atoms with Crippen molar-refractivity contribution in [1.82, 2.24) is 10.2 Å². The molecule has 2 aliphatic rings. The highest BCUT2D eigenvalue weighted by Gasteiger charge is 2.73. The van der Waals surface area contributed by atoms with Crippen molar-refractivity contribution in [3.63, 3.8) is 0 Å². The van der Waals surface area contributed by atoms with E-state index in [2.05, 4.69) is 16.9 Å². The number of hydrogen-bond donors (Lipinski definition) is 1. The third kappa shape index (κ3) is 2.39. The van der Waals surface area contributed by atoms with Crippen LogP contribution >= 0.6 is 11.6 Å². The summed E-state index contributed by atoms with van der Waals surface area (Å²) in [6.45, 7) is 0. The first-order chi connectivity index (χ1) is 9.48. The van der Waals surface area contributed by atoms with E-state index >= 15 is 0 Å². The first kappa shape index (κ1) is 15.7. The van der Waals surface area contributed by atoms with Crippen LogP contribution in [-0.4, -0.2) is 34.2 Å². The number of carbonyl (C=O) groups is 1. The Balaban J connectivity index is 2.50. The van der Waals surface area contributed by atoms with E-state index in [4.69, 9.17) is 0 Å². The number of carbonyl (C=O) groups excluding carboxylic acids is 1. The lowest BCUT2D eigenvalue weighted by Crippen LogP contribution is -2.59. The third-order valence-electron chi connectivity index (χ3n) is 2.86. The van der Waals surface area contributed by atoms with Crippen LogP contribution in [0.15, 0.2) is 36.2 Å². The Bertz CT molecular complexity index is 551. The van der Waals surface area contributed by atoms with Crippen molar-refractivity contribution >= 4 is 17.5 Å². The molecule has 1 atom stereocenters. The molecule has 10 heteroatoms. The maximum absolute atomic E-state index is 13.9. The van der Waals surface area contributed by atoms with Crippen LogP contribution in [0.25, 0.3) is 0 Å². The SMILES string of the molecule is O=C1C=C(C(F)(F)C(F)(F)C(F)(F)Cl)N2C=CC=CC2N1. The van der Waals surface area contributed by atoms with E-state index in [0.29, 0.717) is 4.90 Å². The smallest absolute Gasteiger partial charge is 0.329 e. The van der Waals surface area contributed by atoms with Crippen molar-refractivity contribution in [1.29, 1.82) is 0 Å². The number of nitrogens with zero attached hydrogens (tertiary/aromatic N) is 1. The number of halogens is 7. The minimum Gasteiger partial charge on any atom is -0.329 e. The van der Waals surface area contributed by atoms with Crippen LogP contribution in [0.2, 0.25) is 0 Å². The fourth-order valence-corrected chi connectivity index (χ4v) is 1.94. The zero-order valence-electron chi connectivity index (χ0n) is 9.97. The largest absolute Gasteiger partial charge is 0.392 e. The first-order valence-electron chi connectivity index (χ1n) is 5.47. The molecular formula is C11H7ClF6N2O. The number of allylic oxidation sites excluding steroid dienone is 3. The average Bonchev–Trinajstić information content (AvgIpc) is 2.36. The summed E-state index contributed by atoms with van der Waals surface area (Å²) in [5.41, 5.74) is -1.57. The number of amides is 1. The molecule has 1 amide bonds. The highest BCUT2D eigenvalue weighted by molar-refractivity contribution is 6.22. The molecule has 0 saturated carbocycles. The molecule has 0 aromatic carbocycles. The van der Waals surface area contributed by atoms with Crippen molar-refractivity contribution < 1.29 is 31.1 Å². The van der Waals surface area contributed by atoms with Gasteiger partial charge in [-0.2, -0.15) is 26.3 Å². The number of fused-ring (bicyclic) bond motifs is 1. The van der Waals surface area contributed by atoms with E-state index < -0.39 is 35.0 Å². The van der Waals surface area contributed by atoms with Crippen molar-refractivity contribution in [3.05, 3.63) is 36.2 Å². The molecule has 0 saturated heterocycles. The standard InChI is InChI=1S/C11H7ClF6N2O/c12-11(17,18)10(15,16)9(13,14)6-5-8(21)19-7-3-1-2-4-20(6)7/h1-5,7H,(H,19,21). The van der Waals surface area contributed by atoms with Gasteiger partial charge in [0.15, 0.2) is 0 Å².